The van der Waals surface area contributed by atoms with Gasteiger partial charge in [0, 0.05) is 44.6 Å². The topological polar surface area (TPSA) is 90.2 Å². The second-order valence-corrected chi connectivity index (χ2v) is 9.26. The number of alkyl halides is 3. The largest absolute Gasteiger partial charge is 0.573 e. The highest BCUT2D eigenvalue weighted by Crippen LogP contribution is 2.26. The highest BCUT2D eigenvalue weighted by atomic mass is 35.5. The number of piperidine rings is 1. The van der Waals surface area contributed by atoms with Crippen molar-refractivity contribution in [3.63, 3.8) is 0 Å². The molecule has 1 aliphatic heterocycles. The summed E-state index contributed by atoms with van der Waals surface area (Å²) >= 11 is 5.95. The van der Waals surface area contributed by atoms with Crippen molar-refractivity contribution in [2.75, 3.05) is 13.1 Å². The minimum absolute atomic E-state index is 0.0354. The summed E-state index contributed by atoms with van der Waals surface area (Å²) in [5.74, 6) is -0.501. The SMILES string of the molecule is Cn1c(Cl)cc(CON=C2CCN(S(=O)(=O)c3ccc(OC(F)(F)F)cc3)CC2)cc1=O. The van der Waals surface area contributed by atoms with Crippen molar-refractivity contribution in [2.24, 2.45) is 12.2 Å². The number of oxime groups is 1. The molecule has 8 nitrogen and oxygen atoms in total. The summed E-state index contributed by atoms with van der Waals surface area (Å²) in [7, 11) is -2.33. The van der Waals surface area contributed by atoms with E-state index < -0.39 is 22.1 Å². The summed E-state index contributed by atoms with van der Waals surface area (Å²) in [5, 5.41) is 4.28. The molecule has 1 aromatic carbocycles. The molecule has 0 bridgehead atoms. The van der Waals surface area contributed by atoms with E-state index in [1.807, 2.05) is 0 Å². The molecule has 0 amide bonds. The molecule has 3 rings (SSSR count). The van der Waals surface area contributed by atoms with E-state index in [-0.39, 0.29) is 35.3 Å². The number of nitrogens with zero attached hydrogens (tertiary/aromatic N) is 3. The Labute approximate surface area is 186 Å². The molecule has 0 N–H and O–H groups in total. The van der Waals surface area contributed by atoms with E-state index in [1.165, 1.54) is 14.9 Å². The lowest BCUT2D eigenvalue weighted by Gasteiger charge is -2.26. The first-order valence-corrected chi connectivity index (χ1v) is 11.2. The number of rotatable bonds is 6. The van der Waals surface area contributed by atoms with E-state index in [1.54, 1.807) is 13.1 Å². The smallest absolute Gasteiger partial charge is 0.406 e. The molecule has 2 heterocycles. The van der Waals surface area contributed by atoms with Crippen LogP contribution in [0.15, 0.2) is 51.2 Å². The average molecular weight is 494 g/mol. The van der Waals surface area contributed by atoms with Crippen LogP contribution in [0.4, 0.5) is 13.2 Å². The first-order chi connectivity index (χ1) is 15.0. The van der Waals surface area contributed by atoms with Crippen molar-refractivity contribution < 1.29 is 31.2 Å². The Hall–Kier alpha value is -2.57. The Bertz CT molecular complexity index is 1150. The summed E-state index contributed by atoms with van der Waals surface area (Å²) in [6.07, 6.45) is -4.20. The molecule has 1 saturated heterocycles. The van der Waals surface area contributed by atoms with Crippen LogP contribution < -0.4 is 10.3 Å². The summed E-state index contributed by atoms with van der Waals surface area (Å²) in [4.78, 5) is 16.9. The lowest BCUT2D eigenvalue weighted by atomic mass is 10.1. The zero-order valence-electron chi connectivity index (χ0n) is 16.8. The van der Waals surface area contributed by atoms with Crippen molar-refractivity contribution in [1.82, 2.24) is 8.87 Å². The predicted molar refractivity (Wildman–Crippen MR) is 110 cm³/mol. The second-order valence-electron chi connectivity index (χ2n) is 6.94. The normalized spacial score (nSPS) is 15.5. The van der Waals surface area contributed by atoms with Gasteiger partial charge < -0.3 is 14.1 Å². The number of benzene rings is 1. The minimum atomic E-state index is -4.85. The van der Waals surface area contributed by atoms with Crippen molar-refractivity contribution >= 4 is 27.3 Å². The zero-order chi connectivity index (χ0) is 23.5. The van der Waals surface area contributed by atoms with Crippen LogP contribution in [0.2, 0.25) is 5.15 Å². The zero-order valence-corrected chi connectivity index (χ0v) is 18.4. The molecule has 174 valence electrons. The first-order valence-electron chi connectivity index (χ1n) is 9.35. The number of hydrogen-bond donors (Lipinski definition) is 0. The number of sulfonamides is 1. The molecule has 0 atom stereocenters. The maximum absolute atomic E-state index is 12.7. The van der Waals surface area contributed by atoms with Gasteiger partial charge in [-0.3, -0.25) is 4.79 Å². The van der Waals surface area contributed by atoms with Gasteiger partial charge in [-0.1, -0.05) is 16.8 Å². The standard InChI is InChI=1S/C19H19ClF3N3O5S/c1-25-17(20)10-13(11-18(25)27)12-30-24-14-6-8-26(9-7-14)32(28,29)16-4-2-15(3-5-16)31-19(21,22)23/h2-5,10-11H,6-9,12H2,1H3. The third-order valence-electron chi connectivity index (χ3n) is 4.68. The van der Waals surface area contributed by atoms with Gasteiger partial charge >= 0.3 is 6.36 Å². The van der Waals surface area contributed by atoms with Gasteiger partial charge in [0.1, 0.15) is 17.5 Å². The van der Waals surface area contributed by atoms with Gasteiger partial charge in [-0.2, -0.15) is 4.31 Å². The Morgan fingerprint density at radius 2 is 1.75 bits per heavy atom. The van der Waals surface area contributed by atoms with Crippen molar-refractivity contribution in [2.45, 2.75) is 30.7 Å². The summed E-state index contributed by atoms with van der Waals surface area (Å²) in [5.41, 5.74) is 0.931. The third-order valence-corrected chi connectivity index (χ3v) is 6.96. The quantitative estimate of drug-likeness (QED) is 0.455. The third kappa shape index (κ3) is 6.02. The van der Waals surface area contributed by atoms with Crippen LogP contribution in [-0.2, 0) is 28.5 Å². The lowest BCUT2D eigenvalue weighted by molar-refractivity contribution is -0.274. The maximum atomic E-state index is 12.7. The van der Waals surface area contributed by atoms with Crippen molar-refractivity contribution in [3.8, 4) is 5.75 Å². The van der Waals surface area contributed by atoms with E-state index >= 15 is 0 Å². The molecule has 32 heavy (non-hydrogen) atoms. The summed E-state index contributed by atoms with van der Waals surface area (Å²) in [6, 6.07) is 7.01. The van der Waals surface area contributed by atoms with E-state index in [9.17, 15) is 26.4 Å². The molecule has 2 aromatic rings. The number of ether oxygens (including phenoxy) is 1. The van der Waals surface area contributed by atoms with E-state index in [4.69, 9.17) is 16.4 Å². The molecule has 0 unspecified atom stereocenters. The van der Waals surface area contributed by atoms with Gasteiger partial charge in [0.2, 0.25) is 10.0 Å². The molecule has 0 aliphatic carbocycles. The van der Waals surface area contributed by atoms with Gasteiger partial charge in [-0.25, -0.2) is 8.42 Å². The van der Waals surface area contributed by atoms with Gasteiger partial charge in [-0.05, 0) is 30.3 Å². The first kappa shape index (κ1) is 24.1. The highest BCUT2D eigenvalue weighted by Gasteiger charge is 2.32. The molecule has 0 saturated carbocycles. The molecule has 1 aromatic heterocycles. The molecule has 1 fully saturated rings. The fraction of sp³-hybridized carbons (Fsp3) is 0.368. The van der Waals surface area contributed by atoms with Crippen LogP contribution in [0.5, 0.6) is 5.75 Å². The van der Waals surface area contributed by atoms with Gasteiger partial charge in [0.25, 0.3) is 5.56 Å². The molecular weight excluding hydrogens is 475 g/mol. The van der Waals surface area contributed by atoms with E-state index in [0.29, 0.717) is 24.1 Å². The molecule has 0 radical (unpaired) electrons. The molecule has 13 heteroatoms. The van der Waals surface area contributed by atoms with Crippen LogP contribution in [0.25, 0.3) is 0 Å². The Morgan fingerprint density at radius 3 is 2.31 bits per heavy atom. The van der Waals surface area contributed by atoms with E-state index in [2.05, 4.69) is 9.89 Å². The van der Waals surface area contributed by atoms with Crippen molar-refractivity contribution in [1.29, 1.82) is 0 Å². The van der Waals surface area contributed by atoms with Crippen LogP contribution in [0.1, 0.15) is 18.4 Å². The average Bonchev–Trinajstić information content (AvgIpc) is 2.71. The summed E-state index contributed by atoms with van der Waals surface area (Å²) in [6.45, 7) is 0.319. The predicted octanol–water partition coefficient (Wildman–Crippen LogP) is 3.29. The van der Waals surface area contributed by atoms with Crippen LogP contribution in [-0.4, -0.2) is 42.5 Å². The number of halogens is 4. The highest BCUT2D eigenvalue weighted by molar-refractivity contribution is 7.89. The molecule has 1 aliphatic rings. The monoisotopic (exact) mass is 493 g/mol. The molecule has 0 spiro atoms. The lowest BCUT2D eigenvalue weighted by Crippen LogP contribution is -2.38. The van der Waals surface area contributed by atoms with Gasteiger partial charge in [0.15, 0.2) is 0 Å². The Kier molecular flexibility index (Phi) is 7.16. The second kappa shape index (κ2) is 9.51. The van der Waals surface area contributed by atoms with Crippen LogP contribution in [0.3, 0.4) is 0 Å². The number of hydrogen-bond acceptors (Lipinski definition) is 6. The number of aromatic nitrogens is 1. The Morgan fingerprint density at radius 1 is 1.12 bits per heavy atom. The van der Waals surface area contributed by atoms with Gasteiger partial charge in [0.05, 0.1) is 10.6 Å². The van der Waals surface area contributed by atoms with Crippen molar-refractivity contribution in [3.05, 3.63) is 57.5 Å². The minimum Gasteiger partial charge on any atom is -0.406 e. The Balaban J connectivity index is 1.57. The van der Waals surface area contributed by atoms with E-state index in [0.717, 1.165) is 24.3 Å². The fourth-order valence-corrected chi connectivity index (χ4v) is 4.64. The van der Waals surface area contributed by atoms with Crippen LogP contribution >= 0.6 is 11.6 Å². The van der Waals surface area contributed by atoms with Gasteiger partial charge in [-0.15, -0.1) is 13.2 Å². The maximum Gasteiger partial charge on any atom is 0.573 e. The fourth-order valence-electron chi connectivity index (χ4n) is 2.97. The number of pyridine rings is 1. The van der Waals surface area contributed by atoms with Crippen LogP contribution in [0, 0.1) is 0 Å². The molecular formula is C19H19ClF3N3O5S. The summed E-state index contributed by atoms with van der Waals surface area (Å²) < 4.78 is 68.5.